The van der Waals surface area contributed by atoms with E-state index in [0.717, 1.165) is 23.1 Å². The zero-order chi connectivity index (χ0) is 10.7. The second-order valence-corrected chi connectivity index (χ2v) is 3.49. The first-order chi connectivity index (χ1) is 7.33. The number of hydrogen-bond donors (Lipinski definition) is 1. The second-order valence-electron chi connectivity index (χ2n) is 3.49. The molecular weight excluding hydrogens is 188 g/mol. The highest BCUT2D eigenvalue weighted by atomic mass is 16.1. The molecule has 76 valence electrons. The van der Waals surface area contributed by atoms with Crippen molar-refractivity contribution >= 4 is 6.29 Å². The number of nitrogens with one attached hydrogen (secondary N) is 1. The van der Waals surface area contributed by atoms with Gasteiger partial charge in [0.05, 0.1) is 11.9 Å². The van der Waals surface area contributed by atoms with Gasteiger partial charge < -0.3 is 4.79 Å². The number of aromatic nitrogens is 2. The third-order valence-electron chi connectivity index (χ3n) is 2.43. The van der Waals surface area contributed by atoms with Crippen molar-refractivity contribution in [2.45, 2.75) is 12.8 Å². The summed E-state index contributed by atoms with van der Waals surface area (Å²) in [4.78, 5) is 10.7. The fourth-order valence-corrected chi connectivity index (χ4v) is 1.55. The highest BCUT2D eigenvalue weighted by Gasteiger charge is 2.12. The van der Waals surface area contributed by atoms with Crippen molar-refractivity contribution in [1.82, 2.24) is 10.2 Å². The number of H-pyrrole nitrogens is 1. The summed E-state index contributed by atoms with van der Waals surface area (Å²) in [6.45, 7) is 1.87. The Morgan fingerprint density at radius 1 is 1.33 bits per heavy atom. The molecule has 1 N–H and O–H groups in total. The largest absolute Gasteiger partial charge is 0.303 e. The van der Waals surface area contributed by atoms with E-state index in [1.807, 2.05) is 37.3 Å². The van der Waals surface area contributed by atoms with Crippen molar-refractivity contribution in [1.29, 1.82) is 0 Å². The van der Waals surface area contributed by atoms with Gasteiger partial charge in [-0.05, 0) is 5.56 Å². The molecule has 0 aliphatic carbocycles. The normalized spacial score (nSPS) is 12.3. The van der Waals surface area contributed by atoms with Crippen molar-refractivity contribution < 1.29 is 4.79 Å². The highest BCUT2D eigenvalue weighted by molar-refractivity contribution is 5.70. The van der Waals surface area contributed by atoms with E-state index < -0.39 is 0 Å². The number of nitrogens with zero attached hydrogens (tertiary/aromatic N) is 1. The zero-order valence-electron chi connectivity index (χ0n) is 8.47. The SMILES string of the molecule is CC(C=O)c1cn[nH]c1-c1ccccc1. The van der Waals surface area contributed by atoms with Gasteiger partial charge in [-0.25, -0.2) is 0 Å². The molecule has 0 fully saturated rings. The van der Waals surface area contributed by atoms with Crippen molar-refractivity contribution in [3.63, 3.8) is 0 Å². The maximum Gasteiger partial charge on any atom is 0.127 e. The number of aromatic amines is 1. The summed E-state index contributed by atoms with van der Waals surface area (Å²) in [7, 11) is 0. The Hall–Kier alpha value is -1.90. The Balaban J connectivity index is 2.46. The molecule has 0 radical (unpaired) electrons. The zero-order valence-corrected chi connectivity index (χ0v) is 8.47. The van der Waals surface area contributed by atoms with Gasteiger partial charge in [-0.15, -0.1) is 0 Å². The van der Waals surface area contributed by atoms with E-state index in [2.05, 4.69) is 10.2 Å². The molecule has 1 unspecified atom stereocenters. The average Bonchev–Trinajstić information content (AvgIpc) is 2.78. The summed E-state index contributed by atoms with van der Waals surface area (Å²) in [6.07, 6.45) is 2.64. The molecule has 2 rings (SSSR count). The lowest BCUT2D eigenvalue weighted by Crippen LogP contribution is -1.94. The van der Waals surface area contributed by atoms with Crippen LogP contribution in [-0.4, -0.2) is 16.5 Å². The van der Waals surface area contributed by atoms with Crippen LogP contribution in [0, 0.1) is 0 Å². The van der Waals surface area contributed by atoms with Crippen molar-refractivity contribution in [2.24, 2.45) is 0 Å². The lowest BCUT2D eigenvalue weighted by atomic mass is 9.99. The van der Waals surface area contributed by atoms with Gasteiger partial charge in [0.2, 0.25) is 0 Å². The monoisotopic (exact) mass is 200 g/mol. The fraction of sp³-hybridized carbons (Fsp3) is 0.167. The van der Waals surface area contributed by atoms with E-state index in [9.17, 15) is 4.79 Å². The first-order valence-corrected chi connectivity index (χ1v) is 4.87. The van der Waals surface area contributed by atoms with Crippen LogP contribution < -0.4 is 0 Å². The average molecular weight is 200 g/mol. The number of hydrogen-bond acceptors (Lipinski definition) is 2. The topological polar surface area (TPSA) is 45.8 Å². The van der Waals surface area contributed by atoms with E-state index in [1.54, 1.807) is 6.20 Å². The maximum atomic E-state index is 10.7. The minimum atomic E-state index is -0.126. The molecule has 15 heavy (non-hydrogen) atoms. The number of rotatable bonds is 3. The predicted molar refractivity (Wildman–Crippen MR) is 58.5 cm³/mol. The van der Waals surface area contributed by atoms with Crippen LogP contribution in [0.3, 0.4) is 0 Å². The van der Waals surface area contributed by atoms with Crippen molar-refractivity contribution in [3.8, 4) is 11.3 Å². The molecule has 1 aromatic carbocycles. The Morgan fingerprint density at radius 2 is 2.07 bits per heavy atom. The summed E-state index contributed by atoms with van der Waals surface area (Å²) in [6, 6.07) is 9.88. The van der Waals surface area contributed by atoms with Gasteiger partial charge in [-0.1, -0.05) is 37.3 Å². The van der Waals surface area contributed by atoms with Crippen LogP contribution in [0.2, 0.25) is 0 Å². The summed E-state index contributed by atoms with van der Waals surface area (Å²) in [5.74, 6) is -0.126. The standard InChI is InChI=1S/C12H12N2O/c1-9(8-15)11-7-13-14-12(11)10-5-3-2-4-6-10/h2-9H,1H3,(H,13,14). The summed E-state index contributed by atoms with van der Waals surface area (Å²) < 4.78 is 0. The van der Waals surface area contributed by atoms with Crippen molar-refractivity contribution in [3.05, 3.63) is 42.1 Å². The van der Waals surface area contributed by atoms with E-state index in [4.69, 9.17) is 0 Å². The summed E-state index contributed by atoms with van der Waals surface area (Å²) >= 11 is 0. The minimum Gasteiger partial charge on any atom is -0.303 e. The molecule has 3 heteroatoms. The Labute approximate surface area is 88.1 Å². The first kappa shape index (κ1) is 9.65. The Bertz CT molecular complexity index is 448. The molecule has 1 heterocycles. The lowest BCUT2D eigenvalue weighted by molar-refractivity contribution is -0.108. The molecular formula is C12H12N2O. The van der Waals surface area contributed by atoms with Gasteiger partial charge in [-0.3, -0.25) is 5.10 Å². The molecule has 0 saturated heterocycles. The number of carbonyl (C=O) groups excluding carboxylic acids is 1. The van der Waals surface area contributed by atoms with Gasteiger partial charge in [0.15, 0.2) is 0 Å². The molecule has 2 aromatic rings. The molecule has 0 saturated carbocycles. The third kappa shape index (κ3) is 1.81. The second kappa shape index (κ2) is 4.09. The van der Waals surface area contributed by atoms with E-state index in [0.29, 0.717) is 0 Å². The van der Waals surface area contributed by atoms with Crippen LogP contribution >= 0.6 is 0 Å². The van der Waals surface area contributed by atoms with Crippen LogP contribution in [0.15, 0.2) is 36.5 Å². The highest BCUT2D eigenvalue weighted by Crippen LogP contribution is 2.25. The van der Waals surface area contributed by atoms with Crippen LogP contribution in [0.4, 0.5) is 0 Å². The summed E-state index contributed by atoms with van der Waals surface area (Å²) in [5.41, 5.74) is 2.92. The van der Waals surface area contributed by atoms with E-state index in [-0.39, 0.29) is 5.92 Å². The van der Waals surface area contributed by atoms with Gasteiger partial charge in [0, 0.05) is 11.5 Å². The van der Waals surface area contributed by atoms with Crippen LogP contribution in [0.5, 0.6) is 0 Å². The quantitative estimate of drug-likeness (QED) is 0.773. The van der Waals surface area contributed by atoms with Crippen LogP contribution in [0.25, 0.3) is 11.3 Å². The Morgan fingerprint density at radius 3 is 2.73 bits per heavy atom. The molecule has 0 amide bonds. The summed E-state index contributed by atoms with van der Waals surface area (Å²) in [5, 5.41) is 6.91. The minimum absolute atomic E-state index is 0.126. The molecule has 0 bridgehead atoms. The van der Waals surface area contributed by atoms with E-state index in [1.165, 1.54) is 0 Å². The Kier molecular flexibility index (Phi) is 2.63. The number of carbonyl (C=O) groups is 1. The van der Waals surface area contributed by atoms with Gasteiger partial charge in [0.1, 0.15) is 6.29 Å². The van der Waals surface area contributed by atoms with Crippen molar-refractivity contribution in [2.75, 3.05) is 0 Å². The smallest absolute Gasteiger partial charge is 0.127 e. The van der Waals surface area contributed by atoms with Gasteiger partial charge >= 0.3 is 0 Å². The number of aldehydes is 1. The molecule has 1 aromatic heterocycles. The van der Waals surface area contributed by atoms with Gasteiger partial charge in [-0.2, -0.15) is 5.10 Å². The predicted octanol–water partition coefficient (Wildman–Crippen LogP) is 2.38. The molecule has 0 spiro atoms. The number of benzene rings is 1. The molecule has 0 aliphatic rings. The first-order valence-electron chi connectivity index (χ1n) is 4.87. The maximum absolute atomic E-state index is 10.7. The van der Waals surface area contributed by atoms with Crippen LogP contribution in [-0.2, 0) is 4.79 Å². The third-order valence-corrected chi connectivity index (χ3v) is 2.43. The molecule has 1 atom stereocenters. The van der Waals surface area contributed by atoms with Crippen LogP contribution in [0.1, 0.15) is 18.4 Å². The van der Waals surface area contributed by atoms with Gasteiger partial charge in [0.25, 0.3) is 0 Å². The molecule has 0 aliphatic heterocycles. The molecule has 3 nitrogen and oxygen atoms in total. The lowest BCUT2D eigenvalue weighted by Gasteiger charge is -2.04. The fourth-order valence-electron chi connectivity index (χ4n) is 1.55. The van der Waals surface area contributed by atoms with E-state index >= 15 is 0 Å².